The number of carbonyl (C=O) groups excluding carboxylic acids is 1. The largest absolute Gasteiger partial charge is 0.331 e. The first-order chi connectivity index (χ1) is 11.0. The Morgan fingerprint density at radius 3 is 2.65 bits per heavy atom. The minimum absolute atomic E-state index is 0.0390. The van der Waals surface area contributed by atoms with E-state index < -0.39 is 9.84 Å². The normalized spacial score (nSPS) is 19.6. The van der Waals surface area contributed by atoms with Crippen molar-refractivity contribution >= 4 is 26.5 Å². The lowest BCUT2D eigenvalue weighted by molar-refractivity contribution is 0.0722. The van der Waals surface area contributed by atoms with Gasteiger partial charge in [0.1, 0.15) is 0 Å². The van der Waals surface area contributed by atoms with Crippen LogP contribution in [0.3, 0.4) is 0 Å². The fraction of sp³-hybridized carbons (Fsp3) is 0.278. The molecular formula is C18H19NO3S. The summed E-state index contributed by atoms with van der Waals surface area (Å²) in [6.07, 6.45) is 2.14. The molecule has 0 spiro atoms. The molecule has 0 aliphatic carbocycles. The second kappa shape index (κ2) is 6.16. The van der Waals surface area contributed by atoms with Crippen LogP contribution in [0.2, 0.25) is 0 Å². The summed E-state index contributed by atoms with van der Waals surface area (Å²) in [5.41, 5.74) is 0.606. The lowest BCUT2D eigenvalue weighted by Gasteiger charge is -2.27. The molecule has 0 bridgehead atoms. The van der Waals surface area contributed by atoms with E-state index in [2.05, 4.69) is 6.58 Å². The zero-order valence-corrected chi connectivity index (χ0v) is 13.6. The first kappa shape index (κ1) is 15.7. The molecule has 23 heavy (non-hydrogen) atoms. The Labute approximate surface area is 136 Å². The topological polar surface area (TPSA) is 54.5 Å². The minimum Gasteiger partial charge on any atom is -0.331 e. The molecule has 0 saturated carbocycles. The Balaban J connectivity index is 1.99. The third-order valence-electron chi connectivity index (χ3n) is 4.26. The van der Waals surface area contributed by atoms with Crippen molar-refractivity contribution in [1.29, 1.82) is 0 Å². The van der Waals surface area contributed by atoms with Crippen molar-refractivity contribution in [2.75, 3.05) is 18.1 Å². The Morgan fingerprint density at radius 1 is 1.22 bits per heavy atom. The molecule has 1 heterocycles. The Bertz CT molecular complexity index is 852. The molecule has 0 aromatic heterocycles. The summed E-state index contributed by atoms with van der Waals surface area (Å²) in [6.45, 7) is 4.05. The van der Waals surface area contributed by atoms with Gasteiger partial charge in [0.05, 0.1) is 11.5 Å². The molecule has 5 heteroatoms. The van der Waals surface area contributed by atoms with Crippen LogP contribution < -0.4 is 0 Å². The summed E-state index contributed by atoms with van der Waals surface area (Å²) in [5, 5.41) is 1.88. The molecule has 1 fully saturated rings. The van der Waals surface area contributed by atoms with Gasteiger partial charge in [-0.1, -0.05) is 42.5 Å². The maximum absolute atomic E-state index is 13.0. The molecule has 3 rings (SSSR count). The Hall–Kier alpha value is -2.14. The van der Waals surface area contributed by atoms with E-state index in [0.29, 0.717) is 18.5 Å². The van der Waals surface area contributed by atoms with Crippen LogP contribution in [0.15, 0.2) is 55.1 Å². The molecule has 0 N–H and O–H groups in total. The number of hydrogen-bond acceptors (Lipinski definition) is 3. The van der Waals surface area contributed by atoms with E-state index in [1.54, 1.807) is 17.0 Å². The third-order valence-corrected chi connectivity index (χ3v) is 6.01. The lowest BCUT2D eigenvalue weighted by Crippen LogP contribution is -2.41. The molecule has 1 saturated heterocycles. The highest BCUT2D eigenvalue weighted by Gasteiger charge is 2.34. The molecule has 1 aliphatic rings. The van der Waals surface area contributed by atoms with Gasteiger partial charge >= 0.3 is 0 Å². The van der Waals surface area contributed by atoms with Gasteiger partial charge in [-0.05, 0) is 23.3 Å². The number of hydrogen-bond donors (Lipinski definition) is 0. The van der Waals surface area contributed by atoms with Crippen molar-refractivity contribution in [1.82, 2.24) is 4.90 Å². The number of benzene rings is 2. The van der Waals surface area contributed by atoms with Crippen molar-refractivity contribution in [2.45, 2.75) is 12.5 Å². The van der Waals surface area contributed by atoms with Crippen molar-refractivity contribution < 1.29 is 13.2 Å². The maximum Gasteiger partial charge on any atom is 0.255 e. The first-order valence-electron chi connectivity index (χ1n) is 7.62. The van der Waals surface area contributed by atoms with Crippen LogP contribution in [-0.2, 0) is 9.84 Å². The van der Waals surface area contributed by atoms with Gasteiger partial charge in [-0.3, -0.25) is 4.79 Å². The number of nitrogens with zero attached hydrogens (tertiary/aromatic N) is 1. The van der Waals surface area contributed by atoms with E-state index in [1.807, 2.05) is 36.4 Å². The van der Waals surface area contributed by atoms with Gasteiger partial charge in [-0.15, -0.1) is 6.58 Å². The molecular weight excluding hydrogens is 310 g/mol. The molecule has 4 nitrogen and oxygen atoms in total. The summed E-state index contributed by atoms with van der Waals surface area (Å²) in [4.78, 5) is 14.7. The van der Waals surface area contributed by atoms with Crippen molar-refractivity contribution in [3.05, 3.63) is 60.7 Å². The summed E-state index contributed by atoms with van der Waals surface area (Å²) < 4.78 is 23.5. The van der Waals surface area contributed by atoms with Gasteiger partial charge in [-0.25, -0.2) is 8.42 Å². The van der Waals surface area contributed by atoms with Crippen LogP contribution in [0, 0.1) is 0 Å². The van der Waals surface area contributed by atoms with Crippen LogP contribution in [-0.4, -0.2) is 43.3 Å². The number of fused-ring (bicyclic) bond motifs is 1. The molecule has 2 aromatic rings. The van der Waals surface area contributed by atoms with Crippen LogP contribution in [0.25, 0.3) is 10.8 Å². The second-order valence-corrected chi connectivity index (χ2v) is 8.06. The second-order valence-electron chi connectivity index (χ2n) is 5.83. The van der Waals surface area contributed by atoms with Crippen LogP contribution >= 0.6 is 0 Å². The quantitative estimate of drug-likeness (QED) is 0.810. The fourth-order valence-electron chi connectivity index (χ4n) is 3.12. The number of amides is 1. The SMILES string of the molecule is C=CCN(C(=O)c1cccc2ccccc12)[C@@H]1CCS(=O)(=O)C1. The van der Waals surface area contributed by atoms with Gasteiger partial charge in [0.15, 0.2) is 9.84 Å². The van der Waals surface area contributed by atoms with E-state index in [0.717, 1.165) is 10.8 Å². The van der Waals surface area contributed by atoms with Crippen LogP contribution in [0.4, 0.5) is 0 Å². The van der Waals surface area contributed by atoms with E-state index in [-0.39, 0.29) is 23.5 Å². The van der Waals surface area contributed by atoms with E-state index in [1.165, 1.54) is 0 Å². The monoisotopic (exact) mass is 329 g/mol. The zero-order valence-electron chi connectivity index (χ0n) is 12.8. The molecule has 1 atom stereocenters. The predicted octanol–water partition coefficient (Wildman–Crippen LogP) is 2.66. The van der Waals surface area contributed by atoms with Crippen LogP contribution in [0.5, 0.6) is 0 Å². The highest BCUT2D eigenvalue weighted by atomic mass is 32.2. The summed E-state index contributed by atoms with van der Waals surface area (Å²) in [7, 11) is -3.05. The minimum atomic E-state index is -3.05. The standard InChI is InChI=1S/C18H19NO3S/c1-2-11-19(15-10-12-23(21,22)13-15)18(20)17-9-5-7-14-6-3-4-8-16(14)17/h2-9,15H,1,10-13H2/t15-/m1/s1. The van der Waals surface area contributed by atoms with Gasteiger partial charge < -0.3 is 4.90 Å². The maximum atomic E-state index is 13.0. The van der Waals surface area contributed by atoms with Gasteiger partial charge in [-0.2, -0.15) is 0 Å². The molecule has 0 radical (unpaired) electrons. The third kappa shape index (κ3) is 3.15. The average Bonchev–Trinajstić information content (AvgIpc) is 2.91. The Morgan fingerprint density at radius 2 is 1.96 bits per heavy atom. The summed E-state index contributed by atoms with van der Waals surface area (Å²) in [6, 6.07) is 13.0. The number of rotatable bonds is 4. The van der Waals surface area contributed by atoms with Gasteiger partial charge in [0, 0.05) is 18.2 Å². The highest BCUT2D eigenvalue weighted by molar-refractivity contribution is 7.91. The summed E-state index contributed by atoms with van der Waals surface area (Å²) >= 11 is 0. The predicted molar refractivity (Wildman–Crippen MR) is 92.2 cm³/mol. The van der Waals surface area contributed by atoms with Gasteiger partial charge in [0.25, 0.3) is 5.91 Å². The molecule has 1 amide bonds. The van der Waals surface area contributed by atoms with E-state index >= 15 is 0 Å². The molecule has 2 aromatic carbocycles. The van der Waals surface area contributed by atoms with Crippen molar-refractivity contribution in [2.24, 2.45) is 0 Å². The number of sulfone groups is 1. The fourth-order valence-corrected chi connectivity index (χ4v) is 4.86. The number of carbonyl (C=O) groups is 1. The molecule has 120 valence electrons. The van der Waals surface area contributed by atoms with Crippen molar-refractivity contribution in [3.63, 3.8) is 0 Å². The zero-order chi connectivity index (χ0) is 16.4. The molecule has 1 aliphatic heterocycles. The highest BCUT2D eigenvalue weighted by Crippen LogP contribution is 2.24. The first-order valence-corrected chi connectivity index (χ1v) is 9.44. The Kier molecular flexibility index (Phi) is 4.22. The van der Waals surface area contributed by atoms with E-state index in [4.69, 9.17) is 0 Å². The van der Waals surface area contributed by atoms with Crippen molar-refractivity contribution in [3.8, 4) is 0 Å². The molecule has 0 unspecified atom stereocenters. The van der Waals surface area contributed by atoms with Gasteiger partial charge in [0.2, 0.25) is 0 Å². The lowest BCUT2D eigenvalue weighted by atomic mass is 10.0. The van der Waals surface area contributed by atoms with Crippen LogP contribution in [0.1, 0.15) is 16.8 Å². The van der Waals surface area contributed by atoms with E-state index in [9.17, 15) is 13.2 Å². The smallest absolute Gasteiger partial charge is 0.255 e. The average molecular weight is 329 g/mol. The summed E-state index contributed by atoms with van der Waals surface area (Å²) in [5.74, 6) is 0.0506.